The topological polar surface area (TPSA) is 16.1 Å². The molecule has 2 nitrogen and oxygen atoms in total. The molecule has 12 heavy (non-hydrogen) atoms. The Balaban J connectivity index is 2.85. The number of aromatic nitrogens is 1. The molecule has 0 unspecified atom stereocenters. The van der Waals surface area contributed by atoms with Crippen LogP contribution in [-0.2, 0) is 0 Å². The van der Waals surface area contributed by atoms with E-state index in [4.69, 9.17) is 11.6 Å². The van der Waals surface area contributed by atoms with Crippen molar-refractivity contribution in [2.45, 2.75) is 13.8 Å². The third-order valence-corrected chi connectivity index (χ3v) is 2.00. The Bertz CT molecular complexity index is 246. The second-order valence-corrected chi connectivity index (χ2v) is 2.88. The number of hydrogen-bond donors (Lipinski definition) is 0. The molecule has 0 fully saturated rings. The maximum absolute atomic E-state index is 5.77. The van der Waals surface area contributed by atoms with E-state index in [1.165, 1.54) is 0 Å². The van der Waals surface area contributed by atoms with Gasteiger partial charge in [-0.3, -0.25) is 0 Å². The number of pyridine rings is 1. The highest BCUT2D eigenvalue weighted by molar-refractivity contribution is 6.29. The van der Waals surface area contributed by atoms with E-state index >= 15 is 0 Å². The molecule has 1 heterocycles. The molecule has 1 aromatic rings. The first-order valence-electron chi connectivity index (χ1n) is 4.15. The van der Waals surface area contributed by atoms with Crippen molar-refractivity contribution in [2.24, 2.45) is 0 Å². The summed E-state index contributed by atoms with van der Waals surface area (Å²) in [5.74, 6) is 0.951. The second kappa shape index (κ2) is 4.31. The van der Waals surface area contributed by atoms with Gasteiger partial charge in [-0.1, -0.05) is 17.7 Å². The minimum Gasteiger partial charge on any atom is -0.357 e. The van der Waals surface area contributed by atoms with Gasteiger partial charge in [0.1, 0.15) is 11.0 Å². The summed E-state index contributed by atoms with van der Waals surface area (Å²) in [5, 5.41) is 0.555. The van der Waals surface area contributed by atoms with Gasteiger partial charge in [-0.25, -0.2) is 4.98 Å². The highest BCUT2D eigenvalue weighted by Crippen LogP contribution is 2.13. The Labute approximate surface area is 78.2 Å². The minimum absolute atomic E-state index is 0.555. The molecule has 0 bridgehead atoms. The average molecular weight is 185 g/mol. The SMILES string of the molecule is CCN(CC)c1cccc(Cl)n1. The van der Waals surface area contributed by atoms with Gasteiger partial charge in [0, 0.05) is 13.1 Å². The van der Waals surface area contributed by atoms with Gasteiger partial charge >= 0.3 is 0 Å². The summed E-state index contributed by atoms with van der Waals surface area (Å²) in [6.45, 7) is 6.13. The molecule has 0 aliphatic heterocycles. The molecular formula is C9H13ClN2. The van der Waals surface area contributed by atoms with Gasteiger partial charge < -0.3 is 4.90 Å². The van der Waals surface area contributed by atoms with Gasteiger partial charge in [0.25, 0.3) is 0 Å². The van der Waals surface area contributed by atoms with Crippen molar-refractivity contribution in [2.75, 3.05) is 18.0 Å². The van der Waals surface area contributed by atoms with Crippen LogP contribution in [0.2, 0.25) is 5.15 Å². The van der Waals surface area contributed by atoms with Crippen LogP contribution in [0.25, 0.3) is 0 Å². The summed E-state index contributed by atoms with van der Waals surface area (Å²) in [7, 11) is 0. The lowest BCUT2D eigenvalue weighted by Gasteiger charge is -2.19. The number of nitrogens with zero attached hydrogens (tertiary/aromatic N) is 2. The van der Waals surface area contributed by atoms with Crippen molar-refractivity contribution < 1.29 is 0 Å². The van der Waals surface area contributed by atoms with E-state index in [1.54, 1.807) is 6.07 Å². The first kappa shape index (κ1) is 9.33. The Hall–Kier alpha value is -0.760. The van der Waals surface area contributed by atoms with Crippen LogP contribution < -0.4 is 4.90 Å². The smallest absolute Gasteiger partial charge is 0.131 e. The van der Waals surface area contributed by atoms with Gasteiger partial charge in [-0.05, 0) is 26.0 Å². The van der Waals surface area contributed by atoms with Crippen LogP contribution in [-0.4, -0.2) is 18.1 Å². The summed E-state index contributed by atoms with van der Waals surface area (Å²) < 4.78 is 0. The number of hydrogen-bond acceptors (Lipinski definition) is 2. The van der Waals surface area contributed by atoms with Crippen molar-refractivity contribution in [1.29, 1.82) is 0 Å². The molecule has 3 heteroatoms. The summed E-state index contributed by atoms with van der Waals surface area (Å²) >= 11 is 5.77. The van der Waals surface area contributed by atoms with Gasteiger partial charge in [0.15, 0.2) is 0 Å². The van der Waals surface area contributed by atoms with Crippen LogP contribution in [0.5, 0.6) is 0 Å². The first-order valence-corrected chi connectivity index (χ1v) is 4.53. The Morgan fingerprint density at radius 2 is 2.00 bits per heavy atom. The maximum atomic E-state index is 5.77. The second-order valence-electron chi connectivity index (χ2n) is 2.49. The van der Waals surface area contributed by atoms with Crippen LogP contribution in [0.3, 0.4) is 0 Å². The van der Waals surface area contributed by atoms with Gasteiger partial charge in [0.2, 0.25) is 0 Å². The van der Waals surface area contributed by atoms with Crippen molar-refractivity contribution in [3.05, 3.63) is 23.4 Å². The summed E-state index contributed by atoms with van der Waals surface area (Å²) in [5.41, 5.74) is 0. The van der Waals surface area contributed by atoms with E-state index in [0.29, 0.717) is 5.15 Å². The highest BCUT2D eigenvalue weighted by atomic mass is 35.5. The van der Waals surface area contributed by atoms with Crippen molar-refractivity contribution in [3.8, 4) is 0 Å². The van der Waals surface area contributed by atoms with E-state index in [2.05, 4.69) is 23.7 Å². The zero-order chi connectivity index (χ0) is 8.97. The van der Waals surface area contributed by atoms with E-state index in [9.17, 15) is 0 Å². The molecular weight excluding hydrogens is 172 g/mol. The molecule has 0 atom stereocenters. The summed E-state index contributed by atoms with van der Waals surface area (Å²) in [6, 6.07) is 5.68. The van der Waals surface area contributed by atoms with Crippen molar-refractivity contribution in [1.82, 2.24) is 4.98 Å². The van der Waals surface area contributed by atoms with Crippen LogP contribution in [0.1, 0.15) is 13.8 Å². The molecule has 0 aliphatic carbocycles. The van der Waals surface area contributed by atoms with E-state index in [1.807, 2.05) is 12.1 Å². The van der Waals surface area contributed by atoms with Gasteiger partial charge in [0.05, 0.1) is 0 Å². The normalized spacial score (nSPS) is 9.92. The van der Waals surface area contributed by atoms with Crippen molar-refractivity contribution >= 4 is 17.4 Å². The lowest BCUT2D eigenvalue weighted by molar-refractivity contribution is 0.846. The molecule has 0 saturated heterocycles. The standard InChI is InChI=1S/C9H13ClN2/c1-3-12(4-2)9-7-5-6-8(10)11-9/h5-7H,3-4H2,1-2H3. The number of halogens is 1. The number of rotatable bonds is 3. The molecule has 1 rings (SSSR count). The fourth-order valence-electron chi connectivity index (χ4n) is 1.12. The van der Waals surface area contributed by atoms with E-state index in [0.717, 1.165) is 18.9 Å². The van der Waals surface area contributed by atoms with Gasteiger partial charge in [-0.2, -0.15) is 0 Å². The molecule has 1 aromatic heterocycles. The monoisotopic (exact) mass is 184 g/mol. The molecule has 0 radical (unpaired) electrons. The van der Waals surface area contributed by atoms with E-state index < -0.39 is 0 Å². The lowest BCUT2D eigenvalue weighted by Crippen LogP contribution is -2.22. The molecule has 0 N–H and O–H groups in total. The van der Waals surface area contributed by atoms with Crippen LogP contribution in [0, 0.1) is 0 Å². The third kappa shape index (κ3) is 2.11. The zero-order valence-corrected chi connectivity index (χ0v) is 8.17. The highest BCUT2D eigenvalue weighted by Gasteiger charge is 2.01. The van der Waals surface area contributed by atoms with Crippen LogP contribution in [0.15, 0.2) is 18.2 Å². The third-order valence-electron chi connectivity index (χ3n) is 1.79. The zero-order valence-electron chi connectivity index (χ0n) is 7.42. The largest absolute Gasteiger partial charge is 0.357 e. The van der Waals surface area contributed by atoms with Crippen molar-refractivity contribution in [3.63, 3.8) is 0 Å². The van der Waals surface area contributed by atoms with Gasteiger partial charge in [-0.15, -0.1) is 0 Å². The van der Waals surface area contributed by atoms with Crippen LogP contribution >= 0.6 is 11.6 Å². The summed E-state index contributed by atoms with van der Waals surface area (Å²) in [6.07, 6.45) is 0. The lowest BCUT2D eigenvalue weighted by atomic mass is 10.4. The predicted molar refractivity (Wildman–Crippen MR) is 52.8 cm³/mol. The molecule has 0 aliphatic rings. The Morgan fingerprint density at radius 1 is 1.33 bits per heavy atom. The van der Waals surface area contributed by atoms with Crippen LogP contribution in [0.4, 0.5) is 5.82 Å². The predicted octanol–water partition coefficient (Wildman–Crippen LogP) is 2.58. The molecule has 0 aromatic carbocycles. The summed E-state index contributed by atoms with van der Waals surface area (Å²) in [4.78, 5) is 6.37. The Morgan fingerprint density at radius 3 is 2.50 bits per heavy atom. The molecule has 0 amide bonds. The molecule has 66 valence electrons. The fourth-order valence-corrected chi connectivity index (χ4v) is 1.28. The number of anilines is 1. The first-order chi connectivity index (χ1) is 5.77. The molecule has 0 saturated carbocycles. The Kier molecular flexibility index (Phi) is 3.35. The maximum Gasteiger partial charge on any atom is 0.131 e. The quantitative estimate of drug-likeness (QED) is 0.672. The average Bonchev–Trinajstić information content (AvgIpc) is 2.07. The fraction of sp³-hybridized carbons (Fsp3) is 0.444. The molecule has 0 spiro atoms. The minimum atomic E-state index is 0.555. The van der Waals surface area contributed by atoms with E-state index in [-0.39, 0.29) is 0 Å².